The van der Waals surface area contributed by atoms with Gasteiger partial charge in [-0.05, 0) is 25.5 Å². The first kappa shape index (κ1) is 8.89. The van der Waals surface area contributed by atoms with E-state index < -0.39 is 0 Å². The van der Waals surface area contributed by atoms with Gasteiger partial charge in [-0.3, -0.25) is 0 Å². The second-order valence-electron chi connectivity index (χ2n) is 2.48. The molecular weight excluding hydrogens is 174 g/mol. The van der Waals surface area contributed by atoms with E-state index in [9.17, 15) is 0 Å². The van der Waals surface area contributed by atoms with Crippen LogP contribution in [0.15, 0.2) is 22.3 Å². The maximum Gasteiger partial charge on any atom is 0.149 e. The van der Waals surface area contributed by atoms with Crippen molar-refractivity contribution in [1.82, 2.24) is 0 Å². The average Bonchev–Trinajstić information content (AvgIpc) is 2.48. The highest BCUT2D eigenvalue weighted by Crippen LogP contribution is 2.26. The predicted molar refractivity (Wildman–Crippen MR) is 47.5 cm³/mol. The van der Waals surface area contributed by atoms with Crippen LogP contribution in [0, 0.1) is 18.3 Å². The molecule has 12 heavy (non-hydrogen) atoms. The molecular formula is C9H8ClNO. The quantitative estimate of drug-likeness (QED) is 0.625. The van der Waals surface area contributed by atoms with Crippen molar-refractivity contribution >= 4 is 16.6 Å². The first-order valence-corrected chi connectivity index (χ1v) is 3.85. The third-order valence-electron chi connectivity index (χ3n) is 1.56. The number of allylic oxidation sites excluding steroid dienone is 1. The summed E-state index contributed by atoms with van der Waals surface area (Å²) in [5, 5.41) is 8.95. The van der Waals surface area contributed by atoms with Crippen molar-refractivity contribution in [2.75, 3.05) is 0 Å². The molecule has 0 spiro atoms. The van der Waals surface area contributed by atoms with Gasteiger partial charge in [0.15, 0.2) is 0 Å². The number of rotatable bonds is 1. The molecule has 0 saturated heterocycles. The summed E-state index contributed by atoms with van der Waals surface area (Å²) in [6.07, 6.45) is 1.55. The minimum Gasteiger partial charge on any atom is -0.463 e. The van der Waals surface area contributed by atoms with Gasteiger partial charge in [0.2, 0.25) is 0 Å². The van der Waals surface area contributed by atoms with E-state index in [-0.39, 0.29) is 0 Å². The van der Waals surface area contributed by atoms with Crippen LogP contribution in [0.2, 0.25) is 0 Å². The van der Waals surface area contributed by atoms with Gasteiger partial charge in [-0.25, -0.2) is 0 Å². The highest BCUT2D eigenvalue weighted by molar-refractivity contribution is 6.49. The molecule has 0 atom stereocenters. The maximum atomic E-state index is 8.56. The van der Waals surface area contributed by atoms with Crippen LogP contribution in [0.3, 0.4) is 0 Å². The Morgan fingerprint density at radius 3 is 2.75 bits per heavy atom. The Morgan fingerprint density at radius 1 is 1.67 bits per heavy atom. The van der Waals surface area contributed by atoms with Gasteiger partial charge < -0.3 is 4.42 Å². The van der Waals surface area contributed by atoms with Gasteiger partial charge in [-0.15, -0.1) is 0 Å². The van der Waals surface area contributed by atoms with E-state index in [4.69, 9.17) is 21.3 Å². The fraction of sp³-hybridized carbons (Fsp3) is 0.222. The first-order chi connectivity index (χ1) is 5.66. The van der Waals surface area contributed by atoms with Crippen LogP contribution in [0.4, 0.5) is 0 Å². The smallest absolute Gasteiger partial charge is 0.149 e. The van der Waals surface area contributed by atoms with Crippen molar-refractivity contribution in [3.63, 3.8) is 0 Å². The Hall–Kier alpha value is -1.20. The minimum atomic E-state index is 0.389. The van der Waals surface area contributed by atoms with Crippen molar-refractivity contribution in [1.29, 1.82) is 5.26 Å². The van der Waals surface area contributed by atoms with Gasteiger partial charge in [-0.1, -0.05) is 11.6 Å². The Bertz CT molecular complexity index is 357. The number of aryl methyl sites for hydroxylation is 1. The molecule has 0 aromatic carbocycles. The van der Waals surface area contributed by atoms with Crippen molar-refractivity contribution in [3.05, 3.63) is 29.2 Å². The van der Waals surface area contributed by atoms with E-state index in [1.54, 1.807) is 13.2 Å². The largest absolute Gasteiger partial charge is 0.463 e. The van der Waals surface area contributed by atoms with E-state index >= 15 is 0 Å². The van der Waals surface area contributed by atoms with Crippen LogP contribution in [0.5, 0.6) is 0 Å². The summed E-state index contributed by atoms with van der Waals surface area (Å²) < 4.78 is 5.11. The number of hydrogen-bond donors (Lipinski definition) is 0. The minimum absolute atomic E-state index is 0.389. The Labute approximate surface area is 76.1 Å². The first-order valence-electron chi connectivity index (χ1n) is 3.47. The highest BCUT2D eigenvalue weighted by atomic mass is 35.5. The lowest BCUT2D eigenvalue weighted by Crippen LogP contribution is -1.80. The van der Waals surface area contributed by atoms with E-state index in [0.29, 0.717) is 16.4 Å². The molecule has 0 bridgehead atoms. The van der Waals surface area contributed by atoms with E-state index in [2.05, 4.69) is 0 Å². The SMILES string of the molecule is CC(C#N)=C(Cl)c1occc1C. The summed E-state index contributed by atoms with van der Waals surface area (Å²) in [5.41, 5.74) is 1.41. The molecule has 0 amide bonds. The van der Waals surface area contributed by atoms with Crippen molar-refractivity contribution in [2.45, 2.75) is 13.8 Å². The van der Waals surface area contributed by atoms with Crippen molar-refractivity contribution < 1.29 is 4.42 Å². The fourth-order valence-electron chi connectivity index (χ4n) is 0.817. The molecule has 3 heteroatoms. The lowest BCUT2D eigenvalue weighted by atomic mass is 10.2. The molecule has 0 aliphatic carbocycles. The van der Waals surface area contributed by atoms with Gasteiger partial charge in [0.1, 0.15) is 5.76 Å². The lowest BCUT2D eigenvalue weighted by molar-refractivity contribution is 0.553. The van der Waals surface area contributed by atoms with Gasteiger partial charge in [0.05, 0.1) is 17.4 Å². The van der Waals surface area contributed by atoms with Gasteiger partial charge in [-0.2, -0.15) is 5.26 Å². The topological polar surface area (TPSA) is 36.9 Å². The Kier molecular flexibility index (Phi) is 2.57. The van der Waals surface area contributed by atoms with Gasteiger partial charge in [0.25, 0.3) is 0 Å². The molecule has 0 unspecified atom stereocenters. The fourth-order valence-corrected chi connectivity index (χ4v) is 1.05. The monoisotopic (exact) mass is 181 g/mol. The van der Waals surface area contributed by atoms with Crippen LogP contribution >= 0.6 is 11.6 Å². The van der Waals surface area contributed by atoms with Crippen molar-refractivity contribution in [3.8, 4) is 6.07 Å². The number of nitriles is 1. The lowest BCUT2D eigenvalue weighted by Gasteiger charge is -1.95. The zero-order valence-corrected chi connectivity index (χ0v) is 7.64. The number of furan rings is 1. The molecule has 0 radical (unpaired) electrons. The average molecular weight is 182 g/mol. The highest BCUT2D eigenvalue weighted by Gasteiger charge is 2.08. The number of halogens is 1. The third kappa shape index (κ3) is 1.51. The van der Waals surface area contributed by atoms with E-state index in [0.717, 1.165) is 5.56 Å². The van der Waals surface area contributed by atoms with Gasteiger partial charge >= 0.3 is 0 Å². The Balaban J connectivity index is 3.18. The zero-order valence-electron chi connectivity index (χ0n) is 6.89. The summed E-state index contributed by atoms with van der Waals surface area (Å²) in [6.45, 7) is 3.54. The molecule has 0 aliphatic rings. The van der Waals surface area contributed by atoms with Crippen LogP contribution < -0.4 is 0 Å². The summed E-state index contributed by atoms with van der Waals surface area (Å²) >= 11 is 5.87. The van der Waals surface area contributed by atoms with E-state index in [1.807, 2.05) is 19.1 Å². The summed E-state index contributed by atoms with van der Waals surface area (Å²) in [7, 11) is 0. The third-order valence-corrected chi connectivity index (χ3v) is 2.01. The van der Waals surface area contributed by atoms with E-state index in [1.165, 1.54) is 0 Å². The standard InChI is InChI=1S/C9H8ClNO/c1-6-3-4-12-9(6)8(10)7(2)5-11/h3-4H,1-2H3. The van der Waals surface area contributed by atoms with Crippen LogP contribution in [-0.4, -0.2) is 0 Å². The Morgan fingerprint density at radius 2 is 2.33 bits per heavy atom. The molecule has 62 valence electrons. The predicted octanol–water partition coefficient (Wildman–Crippen LogP) is 3.08. The summed E-state index contributed by atoms with van der Waals surface area (Å²) in [4.78, 5) is 0. The molecule has 0 fully saturated rings. The number of nitrogens with zero attached hydrogens (tertiary/aromatic N) is 1. The molecule has 1 heterocycles. The molecule has 1 rings (SSSR count). The molecule has 2 nitrogen and oxygen atoms in total. The molecule has 1 aromatic heterocycles. The van der Waals surface area contributed by atoms with Crippen LogP contribution in [0.1, 0.15) is 18.2 Å². The molecule has 0 N–H and O–H groups in total. The normalized spacial score (nSPS) is 12.2. The van der Waals surface area contributed by atoms with Crippen LogP contribution in [-0.2, 0) is 0 Å². The number of hydrogen-bond acceptors (Lipinski definition) is 2. The summed E-state index contributed by atoms with van der Waals surface area (Å²) in [6, 6.07) is 3.78. The second kappa shape index (κ2) is 3.46. The van der Waals surface area contributed by atoms with Gasteiger partial charge in [0, 0.05) is 5.57 Å². The molecule has 1 aromatic rings. The van der Waals surface area contributed by atoms with Crippen molar-refractivity contribution in [2.24, 2.45) is 0 Å². The maximum absolute atomic E-state index is 8.56. The molecule has 0 saturated carbocycles. The molecule has 0 aliphatic heterocycles. The summed E-state index contributed by atoms with van der Waals surface area (Å²) in [5.74, 6) is 0.579. The van der Waals surface area contributed by atoms with Crippen LogP contribution in [0.25, 0.3) is 5.03 Å². The zero-order chi connectivity index (χ0) is 9.14. The second-order valence-corrected chi connectivity index (χ2v) is 2.86.